The van der Waals surface area contributed by atoms with Crippen molar-refractivity contribution in [2.75, 3.05) is 11.4 Å². The van der Waals surface area contributed by atoms with Crippen molar-refractivity contribution in [2.24, 2.45) is 5.73 Å². The molecule has 21 heavy (non-hydrogen) atoms. The van der Waals surface area contributed by atoms with Gasteiger partial charge in [0.05, 0.1) is 0 Å². The third-order valence-electron chi connectivity index (χ3n) is 3.91. The number of hydrogen-bond donors (Lipinski definition) is 2. The highest BCUT2D eigenvalue weighted by Crippen LogP contribution is 2.24. The fourth-order valence-corrected chi connectivity index (χ4v) is 2.66. The molecular formula is C14H17F2N5. The number of benzene rings is 1. The minimum atomic E-state index is -0.642. The van der Waals surface area contributed by atoms with Gasteiger partial charge >= 0.3 is 0 Å². The van der Waals surface area contributed by atoms with Gasteiger partial charge in [0.1, 0.15) is 11.6 Å². The molecule has 5 nitrogen and oxygen atoms in total. The van der Waals surface area contributed by atoms with E-state index < -0.39 is 11.6 Å². The van der Waals surface area contributed by atoms with E-state index in [1.54, 1.807) is 0 Å². The molecule has 2 unspecified atom stereocenters. The molecule has 1 fully saturated rings. The summed E-state index contributed by atoms with van der Waals surface area (Å²) in [7, 11) is 0. The maximum atomic E-state index is 13.3. The number of halogens is 2. The summed E-state index contributed by atoms with van der Waals surface area (Å²) < 4.78 is 26.5. The molecule has 0 aliphatic carbocycles. The lowest BCUT2D eigenvalue weighted by atomic mass is 9.99. The van der Waals surface area contributed by atoms with E-state index in [0.29, 0.717) is 17.3 Å². The highest BCUT2D eigenvalue weighted by Gasteiger charge is 2.27. The van der Waals surface area contributed by atoms with E-state index >= 15 is 0 Å². The Bertz CT molecular complexity index is 622. The molecular weight excluding hydrogens is 276 g/mol. The van der Waals surface area contributed by atoms with Gasteiger partial charge in [-0.15, -0.1) is 5.10 Å². The highest BCUT2D eigenvalue weighted by atomic mass is 19.1. The second kappa shape index (κ2) is 5.40. The van der Waals surface area contributed by atoms with E-state index in [-0.39, 0.29) is 12.1 Å². The lowest BCUT2D eigenvalue weighted by molar-refractivity contribution is 0.416. The first-order valence-corrected chi connectivity index (χ1v) is 6.95. The summed E-state index contributed by atoms with van der Waals surface area (Å²) in [6.07, 6.45) is 1.95. The second-order valence-corrected chi connectivity index (χ2v) is 5.38. The standard InChI is InChI=1S/C14H17F2N5/c1-8-12(17)3-2-4-21(8)14-18-13(19-20-14)9-5-10(15)7-11(16)6-9/h5-8,12H,2-4,17H2,1H3,(H,18,19,20). The van der Waals surface area contributed by atoms with Gasteiger partial charge in [-0.05, 0) is 31.9 Å². The van der Waals surface area contributed by atoms with E-state index in [9.17, 15) is 8.78 Å². The molecule has 3 rings (SSSR count). The largest absolute Gasteiger partial charge is 0.335 e. The van der Waals surface area contributed by atoms with E-state index in [0.717, 1.165) is 25.5 Å². The second-order valence-electron chi connectivity index (χ2n) is 5.38. The maximum absolute atomic E-state index is 13.3. The molecule has 1 aromatic heterocycles. The van der Waals surface area contributed by atoms with Crippen LogP contribution in [0, 0.1) is 11.6 Å². The van der Waals surface area contributed by atoms with Crippen LogP contribution in [-0.2, 0) is 0 Å². The number of hydrogen-bond acceptors (Lipinski definition) is 4. The van der Waals surface area contributed by atoms with E-state index in [1.807, 2.05) is 11.8 Å². The number of H-pyrrole nitrogens is 1. The van der Waals surface area contributed by atoms with Crippen LogP contribution in [-0.4, -0.2) is 33.8 Å². The number of rotatable bonds is 2. The fraction of sp³-hybridized carbons (Fsp3) is 0.429. The summed E-state index contributed by atoms with van der Waals surface area (Å²) in [5, 5.41) is 6.88. The van der Waals surface area contributed by atoms with E-state index in [1.165, 1.54) is 12.1 Å². The van der Waals surface area contributed by atoms with Crippen LogP contribution < -0.4 is 10.6 Å². The lowest BCUT2D eigenvalue weighted by Crippen LogP contribution is -2.50. The topological polar surface area (TPSA) is 70.8 Å². The van der Waals surface area contributed by atoms with Crippen molar-refractivity contribution in [1.82, 2.24) is 15.2 Å². The molecule has 1 aromatic carbocycles. The highest BCUT2D eigenvalue weighted by molar-refractivity contribution is 5.56. The number of nitrogens with one attached hydrogen (secondary N) is 1. The Hall–Kier alpha value is -2.02. The Morgan fingerprint density at radius 3 is 2.71 bits per heavy atom. The van der Waals surface area contributed by atoms with Crippen molar-refractivity contribution < 1.29 is 8.78 Å². The van der Waals surface area contributed by atoms with Gasteiger partial charge in [-0.3, -0.25) is 5.10 Å². The fourth-order valence-electron chi connectivity index (χ4n) is 2.66. The lowest BCUT2D eigenvalue weighted by Gasteiger charge is -2.36. The Morgan fingerprint density at radius 1 is 1.29 bits per heavy atom. The summed E-state index contributed by atoms with van der Waals surface area (Å²) in [6, 6.07) is 3.48. The van der Waals surface area contributed by atoms with Gasteiger partial charge in [0.25, 0.3) is 0 Å². The molecule has 1 aliphatic heterocycles. The van der Waals surface area contributed by atoms with Gasteiger partial charge < -0.3 is 10.6 Å². The molecule has 2 atom stereocenters. The minimum Gasteiger partial charge on any atom is -0.335 e. The SMILES string of the molecule is CC1C(N)CCCN1c1n[nH]c(-c2cc(F)cc(F)c2)n1. The van der Waals surface area contributed by atoms with E-state index in [4.69, 9.17) is 5.73 Å². The van der Waals surface area contributed by atoms with Crippen LogP contribution in [0.2, 0.25) is 0 Å². The van der Waals surface area contributed by atoms with Gasteiger partial charge in [0, 0.05) is 30.3 Å². The maximum Gasteiger partial charge on any atom is 0.245 e. The van der Waals surface area contributed by atoms with Crippen LogP contribution in [0.4, 0.5) is 14.7 Å². The molecule has 0 spiro atoms. The van der Waals surface area contributed by atoms with Gasteiger partial charge in [0.2, 0.25) is 5.95 Å². The van der Waals surface area contributed by atoms with Crippen molar-refractivity contribution in [1.29, 1.82) is 0 Å². The molecule has 0 saturated carbocycles. The molecule has 2 aromatic rings. The number of nitrogens with two attached hydrogens (primary N) is 1. The smallest absolute Gasteiger partial charge is 0.245 e. The summed E-state index contributed by atoms with van der Waals surface area (Å²) in [5.74, 6) is -0.431. The van der Waals surface area contributed by atoms with Crippen molar-refractivity contribution in [3.05, 3.63) is 29.8 Å². The summed E-state index contributed by atoms with van der Waals surface area (Å²) in [4.78, 5) is 6.36. The van der Waals surface area contributed by atoms with Gasteiger partial charge in [0.15, 0.2) is 5.82 Å². The van der Waals surface area contributed by atoms with Crippen LogP contribution >= 0.6 is 0 Å². The number of nitrogens with zero attached hydrogens (tertiary/aromatic N) is 3. The zero-order chi connectivity index (χ0) is 15.0. The monoisotopic (exact) mass is 293 g/mol. The van der Waals surface area contributed by atoms with Crippen LogP contribution in [0.5, 0.6) is 0 Å². The Labute approximate surface area is 121 Å². The van der Waals surface area contributed by atoms with Crippen LogP contribution in [0.3, 0.4) is 0 Å². The van der Waals surface area contributed by atoms with Gasteiger partial charge in [-0.25, -0.2) is 8.78 Å². The predicted molar refractivity (Wildman–Crippen MR) is 75.8 cm³/mol. The molecule has 1 saturated heterocycles. The molecule has 0 bridgehead atoms. The third-order valence-corrected chi connectivity index (χ3v) is 3.91. The average molecular weight is 293 g/mol. The summed E-state index contributed by atoms with van der Waals surface area (Å²) in [5.41, 5.74) is 6.39. The zero-order valence-electron chi connectivity index (χ0n) is 11.7. The third kappa shape index (κ3) is 2.73. The van der Waals surface area contributed by atoms with Gasteiger partial charge in [-0.2, -0.15) is 4.98 Å². The first-order valence-electron chi connectivity index (χ1n) is 6.95. The molecule has 1 aliphatic rings. The molecule has 7 heteroatoms. The predicted octanol–water partition coefficient (Wildman–Crippen LogP) is 2.07. The number of aromatic nitrogens is 3. The van der Waals surface area contributed by atoms with Crippen LogP contribution in [0.1, 0.15) is 19.8 Å². The first-order chi connectivity index (χ1) is 10.0. The number of aromatic amines is 1. The molecule has 3 N–H and O–H groups in total. The van der Waals surface area contributed by atoms with E-state index in [2.05, 4.69) is 15.2 Å². The summed E-state index contributed by atoms with van der Waals surface area (Å²) in [6.45, 7) is 2.85. The molecule has 0 amide bonds. The normalized spacial score (nSPS) is 22.6. The summed E-state index contributed by atoms with van der Waals surface area (Å²) >= 11 is 0. The van der Waals surface area contributed by atoms with Crippen molar-refractivity contribution >= 4 is 5.95 Å². The minimum absolute atomic E-state index is 0.0762. The van der Waals surface area contributed by atoms with Crippen LogP contribution in [0.15, 0.2) is 18.2 Å². The average Bonchev–Trinajstić information content (AvgIpc) is 2.90. The molecule has 112 valence electrons. The van der Waals surface area contributed by atoms with Crippen molar-refractivity contribution in [3.8, 4) is 11.4 Å². The zero-order valence-corrected chi connectivity index (χ0v) is 11.7. The van der Waals surface area contributed by atoms with Gasteiger partial charge in [-0.1, -0.05) is 0 Å². The van der Waals surface area contributed by atoms with Crippen molar-refractivity contribution in [3.63, 3.8) is 0 Å². The van der Waals surface area contributed by atoms with Crippen LogP contribution in [0.25, 0.3) is 11.4 Å². The Balaban J connectivity index is 1.89. The number of anilines is 1. The molecule has 0 radical (unpaired) electrons. The number of piperidine rings is 1. The first kappa shape index (κ1) is 13.9. The Kier molecular flexibility index (Phi) is 3.59. The molecule has 2 heterocycles. The Morgan fingerprint density at radius 2 is 2.00 bits per heavy atom. The van der Waals surface area contributed by atoms with Crippen molar-refractivity contribution in [2.45, 2.75) is 31.8 Å². The quantitative estimate of drug-likeness (QED) is 0.889.